The molecule has 0 aliphatic heterocycles. The highest BCUT2D eigenvalue weighted by Crippen LogP contribution is 2.21. The van der Waals surface area contributed by atoms with Crippen LogP contribution in [0.2, 0.25) is 0 Å². The van der Waals surface area contributed by atoms with Gasteiger partial charge in [-0.15, -0.1) is 11.8 Å². The highest BCUT2D eigenvalue weighted by molar-refractivity contribution is 8.00. The van der Waals surface area contributed by atoms with Gasteiger partial charge in [0.1, 0.15) is 5.75 Å². The first kappa shape index (κ1) is 34.5. The third-order valence-electron chi connectivity index (χ3n) is 6.12. The number of hydrogen-bond acceptors (Lipinski definition) is 7. The first-order valence-corrected chi connectivity index (χ1v) is 15.2. The van der Waals surface area contributed by atoms with E-state index in [1.807, 2.05) is 48.6 Å². The fraction of sp³-hybridized carbons (Fsp3) is 0.562. The smallest absolute Gasteiger partial charge is 0.309 e. The maximum atomic E-state index is 11.5. The van der Waals surface area contributed by atoms with E-state index >= 15 is 0 Å². The second-order valence-electron chi connectivity index (χ2n) is 9.37. The van der Waals surface area contributed by atoms with E-state index in [0.29, 0.717) is 37.4 Å². The molecule has 7 heteroatoms. The Kier molecular flexibility index (Phi) is 20.7. The first-order valence-electron chi connectivity index (χ1n) is 14.1. The van der Waals surface area contributed by atoms with Crippen molar-refractivity contribution in [2.45, 2.75) is 88.9 Å². The van der Waals surface area contributed by atoms with Gasteiger partial charge < -0.3 is 19.3 Å². The molecule has 0 aromatic heterocycles. The Morgan fingerprint density at radius 3 is 2.46 bits per heavy atom. The molecule has 0 saturated heterocycles. The Labute approximate surface area is 239 Å². The number of aliphatic hydroxyl groups excluding tert-OH is 1. The molecule has 0 radical (unpaired) electrons. The number of carbonyl (C=O) groups is 2. The van der Waals surface area contributed by atoms with Crippen LogP contribution >= 0.6 is 11.8 Å². The number of thioether (sulfide) groups is 1. The predicted molar refractivity (Wildman–Crippen MR) is 161 cm³/mol. The first-order chi connectivity index (χ1) is 19.0. The monoisotopic (exact) mass is 560 g/mol. The molecule has 0 amide bonds. The summed E-state index contributed by atoms with van der Waals surface area (Å²) in [6.07, 6.45) is 22.2. The van der Waals surface area contributed by atoms with Crippen molar-refractivity contribution in [3.8, 4) is 5.75 Å². The number of rotatable bonds is 22. The Morgan fingerprint density at radius 2 is 1.69 bits per heavy atom. The lowest BCUT2D eigenvalue weighted by atomic mass is 10.1. The Balaban J connectivity index is 2.53. The van der Waals surface area contributed by atoms with Crippen LogP contribution in [0.5, 0.6) is 5.75 Å². The zero-order valence-corrected chi connectivity index (χ0v) is 24.8. The number of esters is 2. The molecule has 2 atom stereocenters. The van der Waals surface area contributed by atoms with Crippen LogP contribution in [-0.2, 0) is 25.5 Å². The van der Waals surface area contributed by atoms with E-state index in [2.05, 4.69) is 19.1 Å². The zero-order chi connectivity index (χ0) is 28.6. The number of ether oxygens (including phenoxy) is 3. The summed E-state index contributed by atoms with van der Waals surface area (Å²) in [7, 11) is 2.75. The summed E-state index contributed by atoms with van der Waals surface area (Å²) in [5.74, 6) is 0.811. The number of unbranched alkanes of at least 4 members (excludes halogenated alkanes) is 6. The van der Waals surface area contributed by atoms with Crippen LogP contribution in [0.1, 0.15) is 76.7 Å². The quantitative estimate of drug-likeness (QED) is 0.0928. The molecule has 39 heavy (non-hydrogen) atoms. The third-order valence-corrected chi connectivity index (χ3v) is 7.38. The van der Waals surface area contributed by atoms with Crippen molar-refractivity contribution < 1.29 is 28.9 Å². The number of carbonyl (C=O) groups excluding carboxylic acids is 2. The van der Waals surface area contributed by atoms with Gasteiger partial charge in [-0.25, -0.2) is 0 Å². The molecule has 6 nitrogen and oxygen atoms in total. The fourth-order valence-corrected chi connectivity index (χ4v) is 4.88. The van der Waals surface area contributed by atoms with Crippen molar-refractivity contribution in [3.05, 3.63) is 66.3 Å². The number of aliphatic hydroxyl groups is 1. The van der Waals surface area contributed by atoms with Crippen LogP contribution in [0.15, 0.2) is 60.7 Å². The van der Waals surface area contributed by atoms with Crippen LogP contribution in [0.4, 0.5) is 0 Å². The van der Waals surface area contributed by atoms with Gasteiger partial charge in [0.2, 0.25) is 0 Å². The van der Waals surface area contributed by atoms with Gasteiger partial charge in [-0.3, -0.25) is 9.59 Å². The normalized spacial score (nSPS) is 13.2. The van der Waals surface area contributed by atoms with Crippen molar-refractivity contribution in [1.82, 2.24) is 0 Å². The van der Waals surface area contributed by atoms with E-state index in [9.17, 15) is 14.7 Å². The highest BCUT2D eigenvalue weighted by atomic mass is 32.2. The number of allylic oxidation sites excluding steroid dienone is 5. The Morgan fingerprint density at radius 1 is 0.949 bits per heavy atom. The fourth-order valence-electron chi connectivity index (χ4n) is 3.86. The summed E-state index contributed by atoms with van der Waals surface area (Å²) >= 11 is 1.61. The molecule has 1 aromatic rings. The summed E-state index contributed by atoms with van der Waals surface area (Å²) in [5, 5.41) is 10.7. The van der Waals surface area contributed by atoms with Gasteiger partial charge in [-0.1, -0.05) is 87.6 Å². The minimum Gasteiger partial charge on any atom is -0.493 e. The average Bonchev–Trinajstić information content (AvgIpc) is 2.94. The molecule has 218 valence electrons. The summed E-state index contributed by atoms with van der Waals surface area (Å²) in [5.41, 5.74) is 0.835. The van der Waals surface area contributed by atoms with Gasteiger partial charge in [0, 0.05) is 17.4 Å². The molecule has 0 aliphatic rings. The van der Waals surface area contributed by atoms with Crippen molar-refractivity contribution in [2.75, 3.05) is 26.6 Å². The third kappa shape index (κ3) is 18.4. The molecular weight excluding hydrogens is 512 g/mol. The lowest BCUT2D eigenvalue weighted by Crippen LogP contribution is -2.22. The number of hydrogen-bond donors (Lipinski definition) is 1. The lowest BCUT2D eigenvalue weighted by molar-refractivity contribution is -0.141. The number of benzene rings is 1. The van der Waals surface area contributed by atoms with Gasteiger partial charge in [0.25, 0.3) is 0 Å². The standard InChI is InChI=1S/C32H48O6S/c1-4-5-6-7-8-9-10-11-12-13-14-15-21-30(29(33)20-17-22-31(34)36-2)39-24-23-38-28-19-16-18-27(25-28)26-32(35)37-3/h11-16,18-19,21,25,29-30,33H,4-10,17,20,22-24,26H2,1-3H3/b12-11-,14-13+,21-15+/t29-,30-/m0/s1. The van der Waals surface area contributed by atoms with Crippen molar-refractivity contribution in [3.63, 3.8) is 0 Å². The maximum Gasteiger partial charge on any atom is 0.309 e. The van der Waals surface area contributed by atoms with Crippen LogP contribution in [-0.4, -0.2) is 55.0 Å². The van der Waals surface area contributed by atoms with Gasteiger partial charge in [-0.2, -0.15) is 0 Å². The van der Waals surface area contributed by atoms with Gasteiger partial charge in [-0.05, 0) is 43.4 Å². The van der Waals surface area contributed by atoms with E-state index in [4.69, 9.17) is 14.2 Å². The molecule has 0 bridgehead atoms. The maximum absolute atomic E-state index is 11.5. The minimum absolute atomic E-state index is 0.131. The van der Waals surface area contributed by atoms with Crippen LogP contribution in [0.3, 0.4) is 0 Å². The molecule has 0 fully saturated rings. The molecule has 1 rings (SSSR count). The summed E-state index contributed by atoms with van der Waals surface area (Å²) in [6.45, 7) is 2.70. The van der Waals surface area contributed by atoms with Crippen LogP contribution in [0, 0.1) is 0 Å². The minimum atomic E-state index is -0.587. The SMILES string of the molecule is CCCCCCCC\C=C/C=C/C=C/[C@H](SCCOc1cccc(CC(=O)OC)c1)[C@@H](O)CCCC(=O)OC. The van der Waals surface area contributed by atoms with E-state index in [-0.39, 0.29) is 23.6 Å². The zero-order valence-electron chi connectivity index (χ0n) is 24.0. The van der Waals surface area contributed by atoms with Gasteiger partial charge in [0.05, 0.1) is 33.4 Å². The average molecular weight is 561 g/mol. The molecule has 1 N–H and O–H groups in total. The van der Waals surface area contributed by atoms with Crippen molar-refractivity contribution in [2.24, 2.45) is 0 Å². The summed E-state index contributed by atoms with van der Waals surface area (Å²) < 4.78 is 15.3. The summed E-state index contributed by atoms with van der Waals surface area (Å²) in [6, 6.07) is 7.41. The lowest BCUT2D eigenvalue weighted by Gasteiger charge is -2.19. The molecule has 0 aliphatic carbocycles. The van der Waals surface area contributed by atoms with Crippen LogP contribution in [0.25, 0.3) is 0 Å². The topological polar surface area (TPSA) is 82.1 Å². The van der Waals surface area contributed by atoms with Gasteiger partial charge >= 0.3 is 11.9 Å². The van der Waals surface area contributed by atoms with Gasteiger partial charge in [0.15, 0.2) is 0 Å². The number of methoxy groups -OCH3 is 2. The van der Waals surface area contributed by atoms with E-state index < -0.39 is 6.10 Å². The molecule has 0 heterocycles. The van der Waals surface area contributed by atoms with Crippen molar-refractivity contribution in [1.29, 1.82) is 0 Å². The molecular formula is C32H48O6S. The predicted octanol–water partition coefficient (Wildman–Crippen LogP) is 7.01. The molecule has 0 unspecified atom stereocenters. The van der Waals surface area contributed by atoms with E-state index in [1.54, 1.807) is 11.8 Å². The van der Waals surface area contributed by atoms with E-state index in [0.717, 1.165) is 12.0 Å². The van der Waals surface area contributed by atoms with Crippen molar-refractivity contribution >= 4 is 23.7 Å². The van der Waals surface area contributed by atoms with Crippen LogP contribution < -0.4 is 4.74 Å². The molecule has 0 spiro atoms. The highest BCUT2D eigenvalue weighted by Gasteiger charge is 2.17. The molecule has 1 aromatic carbocycles. The second-order valence-corrected chi connectivity index (χ2v) is 10.7. The Hall–Kier alpha value is -2.51. The largest absolute Gasteiger partial charge is 0.493 e. The second kappa shape index (κ2) is 23.4. The Bertz CT molecular complexity index is 879. The molecule has 0 saturated carbocycles. The summed E-state index contributed by atoms with van der Waals surface area (Å²) in [4.78, 5) is 22.9. The van der Waals surface area contributed by atoms with E-state index in [1.165, 1.54) is 52.7 Å².